The maximum atomic E-state index is 11.5. The summed E-state index contributed by atoms with van der Waals surface area (Å²) in [6.45, 7) is 0.993. The van der Waals surface area contributed by atoms with E-state index in [0.717, 1.165) is 0 Å². The SMILES string of the molecule is Nc1ccn([C@H]2CNCC(CO)O2)c(=O)n1. The standard InChI is InChI=1S/C9H14N4O3/c10-7-1-2-13(9(15)12-7)8-4-11-3-6(5-14)16-8/h1-2,6,8,11,14H,3-5H2,(H2,10,12,15)/t6?,8-/m1/s1. The molecule has 4 N–H and O–H groups in total. The van der Waals surface area contributed by atoms with Gasteiger partial charge in [0.25, 0.3) is 0 Å². The van der Waals surface area contributed by atoms with Gasteiger partial charge in [0, 0.05) is 19.3 Å². The molecule has 0 amide bonds. The highest BCUT2D eigenvalue weighted by Crippen LogP contribution is 2.12. The van der Waals surface area contributed by atoms with Gasteiger partial charge in [-0.1, -0.05) is 0 Å². The van der Waals surface area contributed by atoms with Crippen LogP contribution in [0.15, 0.2) is 17.1 Å². The second-order valence-electron chi connectivity index (χ2n) is 3.60. The van der Waals surface area contributed by atoms with Gasteiger partial charge in [0.15, 0.2) is 6.23 Å². The van der Waals surface area contributed by atoms with E-state index in [4.69, 9.17) is 15.6 Å². The number of hydrogen-bond donors (Lipinski definition) is 3. The molecule has 7 nitrogen and oxygen atoms in total. The van der Waals surface area contributed by atoms with Gasteiger partial charge in [0.2, 0.25) is 0 Å². The van der Waals surface area contributed by atoms with Crippen LogP contribution in [0.4, 0.5) is 5.82 Å². The van der Waals surface area contributed by atoms with E-state index in [0.29, 0.717) is 13.1 Å². The van der Waals surface area contributed by atoms with Crippen molar-refractivity contribution in [1.29, 1.82) is 0 Å². The van der Waals surface area contributed by atoms with Crippen molar-refractivity contribution in [3.8, 4) is 0 Å². The highest BCUT2D eigenvalue weighted by atomic mass is 16.5. The first kappa shape index (κ1) is 11.1. The molecule has 88 valence electrons. The molecule has 1 unspecified atom stereocenters. The highest BCUT2D eigenvalue weighted by Gasteiger charge is 2.23. The van der Waals surface area contributed by atoms with Crippen molar-refractivity contribution >= 4 is 5.82 Å². The molecule has 0 bridgehead atoms. The minimum absolute atomic E-state index is 0.0827. The Morgan fingerprint density at radius 3 is 3.19 bits per heavy atom. The Labute approximate surface area is 91.9 Å². The highest BCUT2D eigenvalue weighted by molar-refractivity contribution is 5.23. The van der Waals surface area contributed by atoms with E-state index in [-0.39, 0.29) is 18.5 Å². The number of aromatic nitrogens is 2. The summed E-state index contributed by atoms with van der Waals surface area (Å²) in [6.07, 6.45) is 0.784. The second-order valence-corrected chi connectivity index (χ2v) is 3.60. The zero-order chi connectivity index (χ0) is 11.5. The molecular formula is C9H14N4O3. The molecule has 1 fully saturated rings. The van der Waals surface area contributed by atoms with Crippen LogP contribution in [-0.4, -0.2) is 40.5 Å². The van der Waals surface area contributed by atoms with Crippen LogP contribution in [0.1, 0.15) is 6.23 Å². The number of ether oxygens (including phenoxy) is 1. The molecule has 1 aliphatic heterocycles. The molecule has 0 spiro atoms. The zero-order valence-corrected chi connectivity index (χ0v) is 8.67. The van der Waals surface area contributed by atoms with Crippen molar-refractivity contribution in [3.05, 3.63) is 22.7 Å². The van der Waals surface area contributed by atoms with Crippen molar-refractivity contribution in [2.45, 2.75) is 12.3 Å². The summed E-state index contributed by atoms with van der Waals surface area (Å²) in [7, 11) is 0. The minimum Gasteiger partial charge on any atom is -0.394 e. The number of nitrogens with two attached hydrogens (primary N) is 1. The van der Waals surface area contributed by atoms with Crippen LogP contribution < -0.4 is 16.7 Å². The Morgan fingerprint density at radius 2 is 2.50 bits per heavy atom. The molecule has 1 aliphatic rings. The topological polar surface area (TPSA) is 102 Å². The van der Waals surface area contributed by atoms with Crippen LogP contribution in [0.2, 0.25) is 0 Å². The Morgan fingerprint density at radius 1 is 1.69 bits per heavy atom. The van der Waals surface area contributed by atoms with E-state index < -0.39 is 11.9 Å². The average Bonchev–Trinajstić information content (AvgIpc) is 2.29. The molecule has 1 aromatic rings. The molecule has 0 radical (unpaired) electrons. The Hall–Kier alpha value is -1.44. The zero-order valence-electron chi connectivity index (χ0n) is 8.67. The molecule has 1 saturated heterocycles. The van der Waals surface area contributed by atoms with Crippen LogP contribution >= 0.6 is 0 Å². The lowest BCUT2D eigenvalue weighted by Gasteiger charge is -2.30. The third kappa shape index (κ3) is 2.21. The number of rotatable bonds is 2. The Bertz CT molecular complexity index is 419. The lowest BCUT2D eigenvalue weighted by atomic mass is 10.3. The van der Waals surface area contributed by atoms with Crippen LogP contribution in [0.5, 0.6) is 0 Å². The molecule has 2 heterocycles. The molecule has 2 rings (SSSR count). The van der Waals surface area contributed by atoms with Gasteiger partial charge in [-0.15, -0.1) is 0 Å². The van der Waals surface area contributed by atoms with Crippen LogP contribution in [0.3, 0.4) is 0 Å². The monoisotopic (exact) mass is 226 g/mol. The Kier molecular flexibility index (Phi) is 3.18. The van der Waals surface area contributed by atoms with Crippen LogP contribution in [0, 0.1) is 0 Å². The van der Waals surface area contributed by atoms with E-state index in [1.54, 1.807) is 0 Å². The summed E-state index contributed by atoms with van der Waals surface area (Å²) in [5, 5.41) is 12.1. The van der Waals surface area contributed by atoms with Gasteiger partial charge in [-0.25, -0.2) is 4.79 Å². The molecule has 2 atom stereocenters. The molecule has 0 saturated carbocycles. The summed E-state index contributed by atoms with van der Waals surface area (Å²) in [6, 6.07) is 1.54. The summed E-state index contributed by atoms with van der Waals surface area (Å²) in [5.41, 5.74) is 4.94. The van der Waals surface area contributed by atoms with Gasteiger partial charge in [-0.3, -0.25) is 4.57 Å². The fourth-order valence-corrected chi connectivity index (χ4v) is 1.60. The van der Waals surface area contributed by atoms with E-state index >= 15 is 0 Å². The van der Waals surface area contributed by atoms with E-state index in [1.165, 1.54) is 16.8 Å². The minimum atomic E-state index is -0.453. The van der Waals surface area contributed by atoms with E-state index in [9.17, 15) is 4.79 Å². The van der Waals surface area contributed by atoms with Gasteiger partial charge in [0.1, 0.15) is 5.82 Å². The predicted octanol–water partition coefficient (Wildman–Crippen LogP) is -1.70. The van der Waals surface area contributed by atoms with Gasteiger partial charge < -0.3 is 20.9 Å². The predicted molar refractivity (Wildman–Crippen MR) is 56.8 cm³/mol. The molecule has 1 aromatic heterocycles. The van der Waals surface area contributed by atoms with Gasteiger partial charge in [0.05, 0.1) is 12.7 Å². The maximum Gasteiger partial charge on any atom is 0.351 e. The number of nitrogens with zero attached hydrogens (tertiary/aromatic N) is 2. The van der Waals surface area contributed by atoms with Crippen molar-refractivity contribution in [2.75, 3.05) is 25.4 Å². The van der Waals surface area contributed by atoms with E-state index in [2.05, 4.69) is 10.3 Å². The fourth-order valence-electron chi connectivity index (χ4n) is 1.60. The molecule has 0 aliphatic carbocycles. The van der Waals surface area contributed by atoms with Gasteiger partial charge in [-0.2, -0.15) is 4.98 Å². The third-order valence-corrected chi connectivity index (χ3v) is 2.41. The number of hydrogen-bond acceptors (Lipinski definition) is 6. The number of nitrogen functional groups attached to an aromatic ring is 1. The van der Waals surface area contributed by atoms with Crippen LogP contribution in [0.25, 0.3) is 0 Å². The lowest BCUT2D eigenvalue weighted by molar-refractivity contribution is -0.0967. The van der Waals surface area contributed by atoms with Crippen molar-refractivity contribution in [1.82, 2.24) is 14.9 Å². The van der Waals surface area contributed by atoms with Gasteiger partial charge >= 0.3 is 5.69 Å². The van der Waals surface area contributed by atoms with Crippen LogP contribution in [-0.2, 0) is 4.74 Å². The van der Waals surface area contributed by atoms with Crippen molar-refractivity contribution < 1.29 is 9.84 Å². The van der Waals surface area contributed by atoms with E-state index in [1.807, 2.05) is 0 Å². The summed E-state index contributed by atoms with van der Waals surface area (Å²) < 4.78 is 6.86. The molecule has 0 aromatic carbocycles. The second kappa shape index (κ2) is 4.60. The molecule has 16 heavy (non-hydrogen) atoms. The number of nitrogens with one attached hydrogen (secondary N) is 1. The summed E-state index contributed by atoms with van der Waals surface area (Å²) >= 11 is 0. The number of aliphatic hydroxyl groups is 1. The molecular weight excluding hydrogens is 212 g/mol. The maximum absolute atomic E-state index is 11.5. The van der Waals surface area contributed by atoms with Crippen molar-refractivity contribution in [3.63, 3.8) is 0 Å². The fraction of sp³-hybridized carbons (Fsp3) is 0.556. The molecule has 7 heteroatoms. The first-order chi connectivity index (χ1) is 7.70. The number of anilines is 1. The summed E-state index contributed by atoms with van der Waals surface area (Å²) in [5.74, 6) is 0.184. The van der Waals surface area contributed by atoms with Crippen molar-refractivity contribution in [2.24, 2.45) is 0 Å². The largest absolute Gasteiger partial charge is 0.394 e. The van der Waals surface area contributed by atoms with Gasteiger partial charge in [-0.05, 0) is 6.07 Å². The average molecular weight is 226 g/mol. The lowest BCUT2D eigenvalue weighted by Crippen LogP contribution is -2.46. The quantitative estimate of drug-likeness (QED) is 0.556. The normalized spacial score (nSPS) is 25.6. The first-order valence-corrected chi connectivity index (χ1v) is 5.02. The number of aliphatic hydroxyl groups excluding tert-OH is 1. The number of morpholine rings is 1. The first-order valence-electron chi connectivity index (χ1n) is 5.02. The Balaban J connectivity index is 2.20. The third-order valence-electron chi connectivity index (χ3n) is 2.41. The smallest absolute Gasteiger partial charge is 0.351 e. The summed E-state index contributed by atoms with van der Waals surface area (Å²) in [4.78, 5) is 15.2.